The van der Waals surface area contributed by atoms with Crippen LogP contribution in [-0.4, -0.2) is 22.4 Å². The van der Waals surface area contributed by atoms with Crippen LogP contribution in [0.15, 0.2) is 66.0 Å². The van der Waals surface area contributed by atoms with E-state index in [9.17, 15) is 8.42 Å². The molecule has 0 amide bonds. The van der Waals surface area contributed by atoms with Crippen LogP contribution in [0.3, 0.4) is 0 Å². The van der Waals surface area contributed by atoms with Gasteiger partial charge in [-0.3, -0.25) is 4.84 Å². The smallest absolute Gasteiger partial charge is 0.269 e. The summed E-state index contributed by atoms with van der Waals surface area (Å²) in [5.74, 6) is 0. The molecule has 0 aliphatic heterocycles. The molecule has 3 aromatic heterocycles. The first-order valence-electron chi connectivity index (χ1n) is 7.66. The highest BCUT2D eigenvalue weighted by Gasteiger charge is 2.22. The molecule has 6 nitrogen and oxygen atoms in total. The quantitative estimate of drug-likeness (QED) is 0.510. The van der Waals surface area contributed by atoms with Gasteiger partial charge in [0.05, 0.1) is 4.90 Å². The van der Waals surface area contributed by atoms with Crippen molar-refractivity contribution in [3.8, 4) is 0 Å². The number of rotatable bonds is 5. The molecule has 0 radical (unpaired) electrons. The van der Waals surface area contributed by atoms with Crippen molar-refractivity contribution in [1.29, 1.82) is 0 Å². The Kier molecular flexibility index (Phi) is 4.39. The highest BCUT2D eigenvalue weighted by Crippen LogP contribution is 2.28. The van der Waals surface area contributed by atoms with E-state index in [0.29, 0.717) is 17.2 Å². The van der Waals surface area contributed by atoms with Gasteiger partial charge in [-0.25, -0.2) is 22.4 Å². The number of halogens is 1. The Hall–Kier alpha value is -2.42. The van der Waals surface area contributed by atoms with Crippen LogP contribution in [0.25, 0.3) is 11.0 Å². The fourth-order valence-electron chi connectivity index (χ4n) is 2.75. The number of hydrogen-bond acceptors (Lipinski definition) is 6. The lowest BCUT2D eigenvalue weighted by molar-refractivity contribution is 0.588. The van der Waals surface area contributed by atoms with E-state index < -0.39 is 10.0 Å². The molecule has 3 heterocycles. The first-order chi connectivity index (χ1) is 12.6. The topological polar surface area (TPSA) is 76.9 Å². The lowest BCUT2D eigenvalue weighted by Crippen LogP contribution is -2.12. The van der Waals surface area contributed by atoms with Crippen molar-refractivity contribution >= 4 is 49.3 Å². The zero-order valence-corrected chi connectivity index (χ0v) is 15.7. The molecular weight excluding hydrogens is 392 g/mol. The van der Waals surface area contributed by atoms with Gasteiger partial charge in [0.25, 0.3) is 10.0 Å². The van der Waals surface area contributed by atoms with E-state index in [1.54, 1.807) is 55.0 Å². The Morgan fingerprint density at radius 2 is 1.92 bits per heavy atom. The molecule has 26 heavy (non-hydrogen) atoms. The SMILES string of the molecule is O=S(=O)(c1ccccc1)n1cc(Cc2cnc(NCl)s2)c2cccnc21. The fraction of sp³-hybridized carbons (Fsp3) is 0.0588. The number of nitrogens with zero attached hydrogens (tertiary/aromatic N) is 3. The van der Waals surface area contributed by atoms with E-state index in [-0.39, 0.29) is 4.90 Å². The van der Waals surface area contributed by atoms with E-state index in [2.05, 4.69) is 14.8 Å². The molecule has 4 aromatic rings. The Labute approximate surface area is 159 Å². The lowest BCUT2D eigenvalue weighted by Gasteiger charge is -2.06. The molecular formula is C17H13ClN4O2S2. The summed E-state index contributed by atoms with van der Waals surface area (Å²) in [6.45, 7) is 0. The van der Waals surface area contributed by atoms with Crippen molar-refractivity contribution in [3.63, 3.8) is 0 Å². The van der Waals surface area contributed by atoms with Gasteiger partial charge in [-0.05, 0) is 29.8 Å². The predicted molar refractivity (Wildman–Crippen MR) is 103 cm³/mol. The van der Waals surface area contributed by atoms with Crippen molar-refractivity contribution in [2.45, 2.75) is 11.3 Å². The molecule has 0 fully saturated rings. The summed E-state index contributed by atoms with van der Waals surface area (Å²) in [4.78, 5) is 12.1. The van der Waals surface area contributed by atoms with Gasteiger partial charge in [-0.1, -0.05) is 18.2 Å². The van der Waals surface area contributed by atoms with Crippen molar-refractivity contribution in [1.82, 2.24) is 13.9 Å². The highest BCUT2D eigenvalue weighted by atomic mass is 35.5. The summed E-state index contributed by atoms with van der Waals surface area (Å²) in [6.07, 6.45) is 5.48. The van der Waals surface area contributed by atoms with Crippen LogP contribution in [0.5, 0.6) is 0 Å². The Morgan fingerprint density at radius 1 is 1.12 bits per heavy atom. The number of nitrogens with one attached hydrogen (secondary N) is 1. The molecule has 4 rings (SSSR count). The number of anilines is 1. The van der Waals surface area contributed by atoms with Gasteiger partial charge in [0.2, 0.25) is 0 Å². The minimum Gasteiger partial charge on any atom is -0.274 e. The zero-order chi connectivity index (χ0) is 18.1. The van der Waals surface area contributed by atoms with Gasteiger partial charge in [-0.2, -0.15) is 0 Å². The second kappa shape index (κ2) is 6.71. The summed E-state index contributed by atoms with van der Waals surface area (Å²) in [7, 11) is -3.73. The summed E-state index contributed by atoms with van der Waals surface area (Å²) < 4.78 is 27.3. The molecule has 0 aliphatic rings. The van der Waals surface area contributed by atoms with Crippen LogP contribution in [0.4, 0.5) is 5.13 Å². The summed E-state index contributed by atoms with van der Waals surface area (Å²) in [5.41, 5.74) is 1.27. The number of benzene rings is 1. The minimum atomic E-state index is -3.73. The number of pyridine rings is 1. The molecule has 0 atom stereocenters. The third-order valence-electron chi connectivity index (χ3n) is 3.91. The third-order valence-corrected chi connectivity index (χ3v) is 6.78. The highest BCUT2D eigenvalue weighted by molar-refractivity contribution is 7.90. The van der Waals surface area contributed by atoms with E-state index in [1.165, 1.54) is 15.3 Å². The van der Waals surface area contributed by atoms with Gasteiger partial charge in [0, 0.05) is 47.1 Å². The van der Waals surface area contributed by atoms with E-state index in [4.69, 9.17) is 11.8 Å². The van der Waals surface area contributed by atoms with Gasteiger partial charge in [0.15, 0.2) is 10.8 Å². The van der Waals surface area contributed by atoms with Crippen LogP contribution < -0.4 is 4.84 Å². The summed E-state index contributed by atoms with van der Waals surface area (Å²) in [6, 6.07) is 12.0. The molecule has 0 spiro atoms. The van der Waals surface area contributed by atoms with Crippen molar-refractivity contribution in [2.24, 2.45) is 0 Å². The maximum atomic E-state index is 13.0. The zero-order valence-electron chi connectivity index (χ0n) is 13.3. The van der Waals surface area contributed by atoms with Crippen molar-refractivity contribution in [2.75, 3.05) is 4.84 Å². The first kappa shape index (κ1) is 17.0. The van der Waals surface area contributed by atoms with Crippen LogP contribution in [-0.2, 0) is 16.4 Å². The number of hydrogen-bond donors (Lipinski definition) is 1. The van der Waals surface area contributed by atoms with Crippen LogP contribution in [0.1, 0.15) is 10.4 Å². The second-order valence-electron chi connectivity index (χ2n) is 5.55. The lowest BCUT2D eigenvalue weighted by atomic mass is 10.1. The first-order valence-corrected chi connectivity index (χ1v) is 10.3. The Balaban J connectivity index is 1.84. The van der Waals surface area contributed by atoms with Crippen LogP contribution >= 0.6 is 23.1 Å². The van der Waals surface area contributed by atoms with Gasteiger partial charge >= 0.3 is 0 Å². The summed E-state index contributed by atoms with van der Waals surface area (Å²) in [5, 5.41) is 1.39. The van der Waals surface area contributed by atoms with Crippen molar-refractivity contribution in [3.05, 3.63) is 71.5 Å². The van der Waals surface area contributed by atoms with E-state index in [1.807, 2.05) is 6.07 Å². The van der Waals surface area contributed by atoms with Crippen LogP contribution in [0.2, 0.25) is 0 Å². The Bertz CT molecular complexity index is 1170. The summed E-state index contributed by atoms with van der Waals surface area (Å²) >= 11 is 6.99. The maximum Gasteiger partial charge on any atom is 0.269 e. The molecule has 0 bridgehead atoms. The second-order valence-corrected chi connectivity index (χ2v) is 8.66. The van der Waals surface area contributed by atoms with E-state index in [0.717, 1.165) is 15.8 Å². The maximum absolute atomic E-state index is 13.0. The monoisotopic (exact) mass is 404 g/mol. The molecule has 132 valence electrons. The van der Waals surface area contributed by atoms with Crippen LogP contribution in [0, 0.1) is 0 Å². The average Bonchev–Trinajstić information content (AvgIpc) is 3.28. The van der Waals surface area contributed by atoms with Gasteiger partial charge in [0.1, 0.15) is 0 Å². The molecule has 9 heteroatoms. The number of thiazole rings is 1. The van der Waals surface area contributed by atoms with Gasteiger partial charge in [-0.15, -0.1) is 11.3 Å². The molecule has 0 saturated heterocycles. The number of aromatic nitrogens is 3. The molecule has 0 aliphatic carbocycles. The Morgan fingerprint density at radius 3 is 2.65 bits per heavy atom. The van der Waals surface area contributed by atoms with Gasteiger partial charge < -0.3 is 0 Å². The predicted octanol–water partition coefficient (Wildman–Crippen LogP) is 3.89. The fourth-order valence-corrected chi connectivity index (χ4v) is 5.00. The number of fused-ring (bicyclic) bond motifs is 1. The molecule has 0 unspecified atom stereocenters. The minimum absolute atomic E-state index is 0.223. The standard InChI is InChI=1S/C17H13ClN4O2S2/c18-21-17-20-10-13(25-17)9-12-11-22(16-15(12)7-4-8-19-16)26(23,24)14-5-2-1-3-6-14/h1-8,10-11H,9H2,(H,20,21). The average molecular weight is 405 g/mol. The third kappa shape index (κ3) is 2.96. The van der Waals surface area contributed by atoms with Crippen molar-refractivity contribution < 1.29 is 8.42 Å². The molecule has 1 aromatic carbocycles. The largest absolute Gasteiger partial charge is 0.274 e. The molecule has 1 N–H and O–H groups in total. The molecule has 0 saturated carbocycles. The van der Waals surface area contributed by atoms with E-state index >= 15 is 0 Å². The normalized spacial score (nSPS) is 11.7.